The normalized spacial score (nSPS) is 35.1. The van der Waals surface area contributed by atoms with Gasteiger partial charge in [-0.15, -0.1) is 0 Å². The summed E-state index contributed by atoms with van der Waals surface area (Å²) >= 11 is 0. The molecule has 1 aliphatic heterocycles. The maximum Gasteiger partial charge on any atom is 0.0120 e. The molecule has 1 saturated heterocycles. The van der Waals surface area contributed by atoms with Gasteiger partial charge in [0.15, 0.2) is 0 Å². The SMILES string of the molecule is CCCNC1CCN(CC2(CC)CCC2)C(C)C1C. The molecule has 3 unspecified atom stereocenters. The average molecular weight is 266 g/mol. The number of nitrogens with one attached hydrogen (secondary N) is 1. The predicted molar refractivity (Wildman–Crippen MR) is 83.5 cm³/mol. The van der Waals surface area contributed by atoms with Gasteiger partial charge in [-0.3, -0.25) is 4.90 Å². The predicted octanol–water partition coefficient (Wildman–Crippen LogP) is 3.67. The molecule has 2 aliphatic rings. The quantitative estimate of drug-likeness (QED) is 0.789. The van der Waals surface area contributed by atoms with Crippen molar-refractivity contribution >= 4 is 0 Å². The van der Waals surface area contributed by atoms with Crippen molar-refractivity contribution in [2.45, 2.75) is 78.3 Å². The molecular weight excluding hydrogens is 232 g/mol. The summed E-state index contributed by atoms with van der Waals surface area (Å²) in [6.07, 6.45) is 8.37. The Hall–Kier alpha value is -0.0800. The summed E-state index contributed by atoms with van der Waals surface area (Å²) in [7, 11) is 0. The van der Waals surface area contributed by atoms with E-state index in [1.807, 2.05) is 0 Å². The Kier molecular flexibility index (Phi) is 5.30. The Morgan fingerprint density at radius 1 is 1.21 bits per heavy atom. The zero-order chi connectivity index (χ0) is 13.9. The number of likely N-dealkylation sites (tertiary alicyclic amines) is 1. The molecule has 1 heterocycles. The van der Waals surface area contributed by atoms with E-state index in [9.17, 15) is 0 Å². The van der Waals surface area contributed by atoms with E-state index in [1.54, 1.807) is 0 Å². The topological polar surface area (TPSA) is 15.3 Å². The summed E-state index contributed by atoms with van der Waals surface area (Å²) in [5, 5.41) is 3.75. The van der Waals surface area contributed by atoms with Crippen LogP contribution in [0.4, 0.5) is 0 Å². The molecule has 0 radical (unpaired) electrons. The van der Waals surface area contributed by atoms with Crippen molar-refractivity contribution in [2.24, 2.45) is 11.3 Å². The van der Waals surface area contributed by atoms with Crippen LogP contribution in [0, 0.1) is 11.3 Å². The fraction of sp³-hybridized carbons (Fsp3) is 1.00. The molecule has 0 spiro atoms. The number of hydrogen-bond donors (Lipinski definition) is 1. The van der Waals surface area contributed by atoms with Gasteiger partial charge in [0.25, 0.3) is 0 Å². The van der Waals surface area contributed by atoms with Gasteiger partial charge in [0, 0.05) is 18.6 Å². The Morgan fingerprint density at radius 3 is 2.47 bits per heavy atom. The first-order valence-corrected chi connectivity index (χ1v) is 8.59. The number of hydrogen-bond acceptors (Lipinski definition) is 2. The lowest BCUT2D eigenvalue weighted by Crippen LogP contribution is -2.56. The van der Waals surface area contributed by atoms with Gasteiger partial charge >= 0.3 is 0 Å². The molecular formula is C17H34N2. The third kappa shape index (κ3) is 3.33. The van der Waals surface area contributed by atoms with Crippen molar-refractivity contribution in [3.8, 4) is 0 Å². The van der Waals surface area contributed by atoms with Crippen molar-refractivity contribution in [1.82, 2.24) is 10.2 Å². The van der Waals surface area contributed by atoms with E-state index in [2.05, 4.69) is 37.9 Å². The van der Waals surface area contributed by atoms with E-state index in [0.29, 0.717) is 5.41 Å². The Morgan fingerprint density at radius 2 is 1.95 bits per heavy atom. The molecule has 0 amide bonds. The number of nitrogens with zero attached hydrogens (tertiary/aromatic N) is 1. The minimum atomic E-state index is 0.678. The van der Waals surface area contributed by atoms with Gasteiger partial charge in [0.1, 0.15) is 0 Å². The molecule has 2 rings (SSSR count). The molecule has 0 aromatic carbocycles. The van der Waals surface area contributed by atoms with Crippen LogP contribution in [-0.2, 0) is 0 Å². The minimum Gasteiger partial charge on any atom is -0.314 e. The maximum atomic E-state index is 3.75. The van der Waals surface area contributed by atoms with Gasteiger partial charge in [-0.05, 0) is 63.5 Å². The van der Waals surface area contributed by atoms with E-state index in [0.717, 1.165) is 18.0 Å². The van der Waals surface area contributed by atoms with E-state index < -0.39 is 0 Å². The second kappa shape index (κ2) is 6.58. The van der Waals surface area contributed by atoms with Gasteiger partial charge in [-0.1, -0.05) is 27.2 Å². The molecule has 1 saturated carbocycles. The van der Waals surface area contributed by atoms with E-state index >= 15 is 0 Å². The summed E-state index contributed by atoms with van der Waals surface area (Å²) < 4.78 is 0. The van der Waals surface area contributed by atoms with Crippen molar-refractivity contribution in [3.63, 3.8) is 0 Å². The van der Waals surface area contributed by atoms with Crippen LogP contribution in [0.1, 0.15) is 66.2 Å². The highest BCUT2D eigenvalue weighted by molar-refractivity contribution is 4.95. The largest absolute Gasteiger partial charge is 0.314 e. The lowest BCUT2D eigenvalue weighted by Gasteiger charge is -2.50. The van der Waals surface area contributed by atoms with Crippen LogP contribution < -0.4 is 5.32 Å². The maximum absolute atomic E-state index is 3.75. The van der Waals surface area contributed by atoms with Gasteiger partial charge in [0.2, 0.25) is 0 Å². The van der Waals surface area contributed by atoms with Gasteiger partial charge in [-0.2, -0.15) is 0 Å². The summed E-state index contributed by atoms with van der Waals surface area (Å²) in [6.45, 7) is 13.4. The highest BCUT2D eigenvalue weighted by atomic mass is 15.2. The first-order chi connectivity index (χ1) is 9.12. The molecule has 0 bridgehead atoms. The van der Waals surface area contributed by atoms with E-state index in [1.165, 1.54) is 58.2 Å². The van der Waals surface area contributed by atoms with Crippen molar-refractivity contribution in [2.75, 3.05) is 19.6 Å². The first-order valence-electron chi connectivity index (χ1n) is 8.59. The summed E-state index contributed by atoms with van der Waals surface area (Å²) in [4.78, 5) is 2.79. The Bertz CT molecular complexity index is 267. The third-order valence-electron chi connectivity index (χ3n) is 6.06. The van der Waals surface area contributed by atoms with E-state index in [-0.39, 0.29) is 0 Å². The van der Waals surface area contributed by atoms with Crippen LogP contribution in [0.3, 0.4) is 0 Å². The zero-order valence-corrected chi connectivity index (χ0v) is 13.5. The molecule has 3 atom stereocenters. The average Bonchev–Trinajstić information content (AvgIpc) is 2.38. The molecule has 2 fully saturated rings. The van der Waals surface area contributed by atoms with Crippen LogP contribution in [0.15, 0.2) is 0 Å². The van der Waals surface area contributed by atoms with Crippen LogP contribution in [0.25, 0.3) is 0 Å². The molecule has 1 N–H and O–H groups in total. The van der Waals surface area contributed by atoms with Crippen LogP contribution in [0.2, 0.25) is 0 Å². The molecule has 0 aromatic heterocycles. The van der Waals surface area contributed by atoms with Gasteiger partial charge in [-0.25, -0.2) is 0 Å². The van der Waals surface area contributed by atoms with Crippen LogP contribution >= 0.6 is 0 Å². The second-order valence-corrected chi connectivity index (χ2v) is 7.13. The van der Waals surface area contributed by atoms with Crippen molar-refractivity contribution < 1.29 is 0 Å². The Labute approximate surface area is 120 Å². The fourth-order valence-electron chi connectivity index (χ4n) is 4.01. The fourth-order valence-corrected chi connectivity index (χ4v) is 4.01. The molecule has 19 heavy (non-hydrogen) atoms. The van der Waals surface area contributed by atoms with Gasteiger partial charge in [0.05, 0.1) is 0 Å². The monoisotopic (exact) mass is 266 g/mol. The lowest BCUT2D eigenvalue weighted by atomic mass is 9.66. The Balaban J connectivity index is 1.87. The first kappa shape index (κ1) is 15.3. The van der Waals surface area contributed by atoms with Gasteiger partial charge < -0.3 is 5.32 Å². The van der Waals surface area contributed by atoms with E-state index in [4.69, 9.17) is 0 Å². The summed E-state index contributed by atoms with van der Waals surface area (Å²) in [6, 6.07) is 1.48. The standard InChI is InChI=1S/C17H34N2/c1-5-11-18-16-8-12-19(15(4)14(16)3)13-17(6-2)9-7-10-17/h14-16,18H,5-13H2,1-4H3. The molecule has 2 nitrogen and oxygen atoms in total. The summed E-state index contributed by atoms with van der Waals surface area (Å²) in [5.74, 6) is 0.786. The van der Waals surface area contributed by atoms with Crippen molar-refractivity contribution in [1.29, 1.82) is 0 Å². The number of piperidine rings is 1. The zero-order valence-electron chi connectivity index (χ0n) is 13.5. The second-order valence-electron chi connectivity index (χ2n) is 7.13. The molecule has 0 aromatic rings. The molecule has 1 aliphatic carbocycles. The minimum absolute atomic E-state index is 0.678. The highest BCUT2D eigenvalue weighted by Gasteiger charge is 2.40. The van der Waals surface area contributed by atoms with Crippen molar-refractivity contribution in [3.05, 3.63) is 0 Å². The highest BCUT2D eigenvalue weighted by Crippen LogP contribution is 2.45. The lowest BCUT2D eigenvalue weighted by molar-refractivity contribution is 0.00449. The van der Waals surface area contributed by atoms with Crippen LogP contribution in [-0.4, -0.2) is 36.6 Å². The number of rotatable bonds is 6. The molecule has 112 valence electrons. The third-order valence-corrected chi connectivity index (χ3v) is 6.06. The molecule has 2 heteroatoms. The van der Waals surface area contributed by atoms with Crippen LogP contribution in [0.5, 0.6) is 0 Å². The summed E-state index contributed by atoms with van der Waals surface area (Å²) in [5.41, 5.74) is 0.678. The smallest absolute Gasteiger partial charge is 0.0120 e.